The van der Waals surface area contributed by atoms with Crippen LogP contribution in [0.25, 0.3) is 0 Å². The van der Waals surface area contributed by atoms with Crippen molar-refractivity contribution in [1.82, 2.24) is 0 Å². The van der Waals surface area contributed by atoms with Crippen molar-refractivity contribution in [3.05, 3.63) is 35.4 Å². The second-order valence-corrected chi connectivity index (χ2v) is 2.86. The predicted molar refractivity (Wildman–Crippen MR) is 47.0 cm³/mol. The Hall–Kier alpha value is -0.960. The first-order valence-electron chi connectivity index (χ1n) is 3.23. The molecule has 2 nitrogen and oxygen atoms in total. The molecule has 0 aliphatic heterocycles. The van der Waals surface area contributed by atoms with Crippen LogP contribution >= 0.6 is 0 Å². The van der Waals surface area contributed by atoms with Crippen molar-refractivity contribution in [2.24, 2.45) is 0 Å². The van der Waals surface area contributed by atoms with Gasteiger partial charge in [-0.25, -0.2) is 0 Å². The van der Waals surface area contributed by atoms with Gasteiger partial charge in [-0.15, -0.1) is 0 Å². The summed E-state index contributed by atoms with van der Waals surface area (Å²) in [5.41, 5.74) is 1.60. The molecule has 58 valence electrons. The fourth-order valence-electron chi connectivity index (χ4n) is 0.873. The second-order valence-electron chi connectivity index (χ2n) is 2.23. The highest BCUT2D eigenvalue weighted by Crippen LogP contribution is 2.06. The second kappa shape index (κ2) is 3.44. The zero-order valence-electron chi connectivity index (χ0n) is 6.16. The molecule has 3 heteroatoms. The quantitative estimate of drug-likeness (QED) is 0.614. The minimum absolute atomic E-state index is 0.0598. The molecule has 0 saturated carbocycles. The summed E-state index contributed by atoms with van der Waals surface area (Å²) in [5, 5.41) is -0.136. The number of nitrogens with one attached hydrogen (secondary N) is 1. The minimum Gasteiger partial charge on any atom is -0.281 e. The molecule has 0 aromatic heterocycles. The van der Waals surface area contributed by atoms with Crippen molar-refractivity contribution in [3.8, 4) is 0 Å². The van der Waals surface area contributed by atoms with E-state index < -0.39 is 0 Å². The predicted octanol–water partition coefficient (Wildman–Crippen LogP) is 1.71. The fraction of sp³-hybridized carbons (Fsp3) is 0.125. The third-order valence-electron chi connectivity index (χ3n) is 1.48. The highest BCUT2D eigenvalue weighted by molar-refractivity contribution is 7.84. The Kier molecular flexibility index (Phi) is 2.54. The molecule has 1 rings (SSSR count). The van der Waals surface area contributed by atoms with Gasteiger partial charge >= 0.3 is 0 Å². The van der Waals surface area contributed by atoms with Gasteiger partial charge in [-0.3, -0.25) is 9.57 Å². The average molecular weight is 167 g/mol. The molecule has 0 saturated heterocycles. The summed E-state index contributed by atoms with van der Waals surface area (Å²) in [5.74, 6) is 0. The van der Waals surface area contributed by atoms with E-state index in [1.807, 2.05) is 25.1 Å². The van der Waals surface area contributed by atoms with E-state index in [9.17, 15) is 4.79 Å². The first-order valence-corrected chi connectivity index (χ1v) is 4.12. The van der Waals surface area contributed by atoms with Crippen LogP contribution in [-0.2, 0) is 11.6 Å². The molecule has 0 spiro atoms. The lowest BCUT2D eigenvalue weighted by molar-refractivity contribution is 0.108. The molecule has 0 bridgehead atoms. The number of aryl methyl sites for hydroxylation is 1. The third kappa shape index (κ3) is 1.74. The topological polar surface area (TPSA) is 40.9 Å². The molecular formula is C8H9NOS. The summed E-state index contributed by atoms with van der Waals surface area (Å²) in [6.45, 7) is 1.87. The number of benzene rings is 1. The number of carbonyl (C=O) groups excluding carboxylic acids is 1. The van der Waals surface area contributed by atoms with Crippen LogP contribution in [0.3, 0.4) is 0 Å². The summed E-state index contributed by atoms with van der Waals surface area (Å²) in [6, 6.07) is 7.32. The Bertz CT molecular complexity index is 296. The minimum atomic E-state index is -0.136. The summed E-state index contributed by atoms with van der Waals surface area (Å²) in [4.78, 5) is 11.0. The van der Waals surface area contributed by atoms with Gasteiger partial charge in [0.1, 0.15) is 0 Å². The fourth-order valence-corrected chi connectivity index (χ4v) is 1.24. The van der Waals surface area contributed by atoms with E-state index in [1.54, 1.807) is 6.07 Å². The molecule has 0 aliphatic carbocycles. The van der Waals surface area contributed by atoms with Gasteiger partial charge in [-0.05, 0) is 24.0 Å². The Balaban J connectivity index is 3.13. The zero-order valence-corrected chi connectivity index (χ0v) is 7.06. The van der Waals surface area contributed by atoms with Gasteiger partial charge in [0.15, 0.2) is 0 Å². The summed E-state index contributed by atoms with van der Waals surface area (Å²) in [7, 11) is 0. The largest absolute Gasteiger partial charge is 0.281 e. The number of hydrogen-bond donors (Lipinski definition) is 2. The van der Waals surface area contributed by atoms with E-state index in [0.29, 0.717) is 5.56 Å². The lowest BCUT2D eigenvalue weighted by atomic mass is 10.1. The maximum atomic E-state index is 11.0. The zero-order chi connectivity index (χ0) is 8.27. The van der Waals surface area contributed by atoms with Crippen molar-refractivity contribution < 1.29 is 4.79 Å². The van der Waals surface area contributed by atoms with Crippen LogP contribution in [0, 0.1) is 11.7 Å². The monoisotopic (exact) mass is 167 g/mol. The lowest BCUT2D eigenvalue weighted by Gasteiger charge is -1.97. The lowest BCUT2D eigenvalue weighted by Crippen LogP contribution is -1.97. The normalized spacial score (nSPS) is 9.55. The first-order chi connectivity index (χ1) is 5.25. The van der Waals surface area contributed by atoms with Gasteiger partial charge in [0.2, 0.25) is 5.12 Å². The molecule has 1 aromatic rings. The molecule has 0 unspecified atom stereocenters. The highest BCUT2D eigenvalue weighted by Gasteiger charge is 2.02. The van der Waals surface area contributed by atoms with Crippen LogP contribution in [0.1, 0.15) is 15.9 Å². The van der Waals surface area contributed by atoms with Crippen molar-refractivity contribution >= 4 is 16.7 Å². The molecule has 0 amide bonds. The standard InChI is InChI=1S/C8H9NOS/c1-6-4-2-3-5-7(6)8(10)11-9/h2-5,9,11H,1H3. The molecule has 0 fully saturated rings. The smallest absolute Gasteiger partial charge is 0.227 e. The van der Waals surface area contributed by atoms with Crippen LogP contribution in [-0.4, -0.2) is 5.12 Å². The van der Waals surface area contributed by atoms with Gasteiger partial charge in [0, 0.05) is 5.56 Å². The van der Waals surface area contributed by atoms with E-state index in [1.165, 1.54) is 0 Å². The van der Waals surface area contributed by atoms with Gasteiger partial charge in [-0.2, -0.15) is 0 Å². The SMILES string of the molecule is Cc1ccccc1C(=O)[SH]=N. The molecule has 0 heterocycles. The van der Waals surface area contributed by atoms with E-state index in [2.05, 4.69) is 0 Å². The Labute approximate surface area is 69.2 Å². The number of carbonyl (C=O) groups is 1. The van der Waals surface area contributed by atoms with E-state index in [4.69, 9.17) is 4.78 Å². The van der Waals surface area contributed by atoms with E-state index >= 15 is 0 Å². The average Bonchev–Trinajstić information content (AvgIpc) is 2.04. The van der Waals surface area contributed by atoms with Crippen molar-refractivity contribution in [3.63, 3.8) is 0 Å². The van der Waals surface area contributed by atoms with Crippen LogP contribution in [0.2, 0.25) is 0 Å². The Morgan fingerprint density at radius 3 is 2.64 bits per heavy atom. The van der Waals surface area contributed by atoms with Gasteiger partial charge in [0.05, 0.1) is 0 Å². The van der Waals surface area contributed by atoms with Gasteiger partial charge in [-0.1, -0.05) is 24.3 Å². The van der Waals surface area contributed by atoms with Crippen molar-refractivity contribution in [1.29, 1.82) is 4.78 Å². The molecule has 1 aromatic carbocycles. The van der Waals surface area contributed by atoms with Crippen LogP contribution in [0.15, 0.2) is 24.3 Å². The van der Waals surface area contributed by atoms with E-state index in [-0.39, 0.29) is 16.7 Å². The van der Waals surface area contributed by atoms with Crippen molar-refractivity contribution in [2.45, 2.75) is 6.92 Å². The van der Waals surface area contributed by atoms with Crippen molar-refractivity contribution in [2.75, 3.05) is 0 Å². The Morgan fingerprint density at radius 1 is 1.45 bits per heavy atom. The third-order valence-corrected chi connectivity index (χ3v) is 1.92. The number of thiol groups is 1. The maximum absolute atomic E-state index is 11.0. The van der Waals surface area contributed by atoms with E-state index in [0.717, 1.165) is 5.56 Å². The highest BCUT2D eigenvalue weighted by atomic mass is 32.1. The Morgan fingerprint density at radius 2 is 2.09 bits per heavy atom. The summed E-state index contributed by atoms with van der Waals surface area (Å²) < 4.78 is 6.87. The molecular weight excluding hydrogens is 158 g/mol. The molecule has 1 N–H and O–H groups in total. The van der Waals surface area contributed by atoms with Gasteiger partial charge in [0.25, 0.3) is 0 Å². The molecule has 0 radical (unpaired) electrons. The maximum Gasteiger partial charge on any atom is 0.227 e. The van der Waals surface area contributed by atoms with Crippen LogP contribution < -0.4 is 0 Å². The number of hydrogen-bond acceptors (Lipinski definition) is 2. The summed E-state index contributed by atoms with van der Waals surface area (Å²) in [6.07, 6.45) is 0. The van der Waals surface area contributed by atoms with Gasteiger partial charge < -0.3 is 0 Å². The molecule has 0 aliphatic rings. The molecule has 11 heavy (non-hydrogen) atoms. The van der Waals surface area contributed by atoms with Crippen LogP contribution in [0.5, 0.6) is 0 Å². The molecule has 0 atom stereocenters. The van der Waals surface area contributed by atoms with Crippen LogP contribution in [0.4, 0.5) is 0 Å². The number of rotatable bonds is 1. The first kappa shape index (κ1) is 8.14. The summed E-state index contributed by atoms with van der Waals surface area (Å²) >= 11 is 0.0598.